The van der Waals surface area contributed by atoms with E-state index in [1.165, 1.54) is 0 Å². The van der Waals surface area contributed by atoms with Crippen LogP contribution < -0.4 is 68.9 Å². The van der Waals surface area contributed by atoms with Crippen molar-refractivity contribution in [3.63, 3.8) is 0 Å². The number of rotatable bonds is 0. The van der Waals surface area contributed by atoms with E-state index < -0.39 is 0 Å². The van der Waals surface area contributed by atoms with Gasteiger partial charge in [-0.2, -0.15) is 0 Å². The molecule has 0 spiro atoms. The van der Waals surface area contributed by atoms with E-state index in [2.05, 4.69) is 0 Å². The quantitative estimate of drug-likeness (QED) is 0.373. The Balaban J connectivity index is 0. The van der Waals surface area contributed by atoms with Crippen molar-refractivity contribution < 1.29 is 70.3 Å². The smallest absolute Gasteiger partial charge is 1.00 e. The summed E-state index contributed by atoms with van der Waals surface area (Å²) in [6, 6.07) is 0. The van der Waals surface area contributed by atoms with E-state index in [-0.39, 0.29) is 172 Å². The van der Waals surface area contributed by atoms with E-state index in [9.17, 15) is 0 Å². The van der Waals surface area contributed by atoms with Crippen LogP contribution in [-0.2, 0) is 0 Å². The van der Waals surface area contributed by atoms with E-state index in [4.69, 9.17) is 0 Å². The molecule has 0 N–H and O–H groups in total. The fraction of sp³-hybridized carbons (Fsp3) is 0. The zero-order valence-corrected chi connectivity index (χ0v) is 20.0. The van der Waals surface area contributed by atoms with Crippen LogP contribution in [0.25, 0.3) is 0 Å². The molecule has 0 heterocycles. The Labute approximate surface area is 167 Å². The van der Waals surface area contributed by atoms with Crippen LogP contribution in [0.15, 0.2) is 0 Å². The second-order valence-electron chi connectivity index (χ2n) is 0. The molecule has 0 aliphatic rings. The second kappa shape index (κ2) is 44.3. The zero-order chi connectivity index (χ0) is 0. The van der Waals surface area contributed by atoms with E-state index in [0.717, 1.165) is 0 Å². The van der Waals surface area contributed by atoms with Crippen molar-refractivity contribution in [3.05, 3.63) is 0 Å². The Hall–Kier alpha value is 4.93. The van der Waals surface area contributed by atoms with Crippen LogP contribution in [-0.4, -0.2) is 0 Å². The van der Waals surface area contributed by atoms with Crippen molar-refractivity contribution in [1.29, 1.82) is 0 Å². The third kappa shape index (κ3) is 35.9. The first-order valence-electron chi connectivity index (χ1n) is 0. The van der Waals surface area contributed by atoms with Gasteiger partial charge >= 0.3 is 68.9 Å². The maximum Gasteiger partial charge on any atom is 1.00 e. The normalized spacial score (nSPS) is 0. The molecule has 0 rings (SSSR count). The summed E-state index contributed by atoms with van der Waals surface area (Å²) in [6.07, 6.45) is 0. The van der Waals surface area contributed by atoms with E-state index >= 15 is 0 Å². The molecule has 0 aromatic rings. The topological polar surface area (TPSA) is 0 Å². The zero-order valence-electron chi connectivity index (χ0n) is 4.45. The number of halogens is 6. The average molecular weight is 619 g/mol. The molecular formula is H7Br6Cs. The third-order valence-corrected chi connectivity index (χ3v) is 0. The van der Waals surface area contributed by atoms with Gasteiger partial charge in [-0.15, -0.1) is 102 Å². The molecule has 7 heteroatoms. The average Bonchev–Trinajstić information content (AvgIpc) is 0. The fourth-order valence-corrected chi connectivity index (χ4v) is 0. The molecule has 0 aromatic heterocycles. The van der Waals surface area contributed by atoms with Gasteiger partial charge < -0.3 is 1.43 Å². The molecule has 0 nitrogen and oxygen atoms in total. The monoisotopic (exact) mass is 613 g/mol. The summed E-state index contributed by atoms with van der Waals surface area (Å²) < 4.78 is 0. The molecule has 0 saturated heterocycles. The molecule has 0 saturated carbocycles. The summed E-state index contributed by atoms with van der Waals surface area (Å²) in [4.78, 5) is 0. The van der Waals surface area contributed by atoms with Gasteiger partial charge in [0, 0.05) is 0 Å². The van der Waals surface area contributed by atoms with Gasteiger partial charge in [-0.1, -0.05) is 0 Å². The molecule has 7 heavy (non-hydrogen) atoms. The first-order chi connectivity index (χ1) is 0. The van der Waals surface area contributed by atoms with Gasteiger partial charge in [-0.3, -0.25) is 0 Å². The van der Waals surface area contributed by atoms with Gasteiger partial charge in [0.1, 0.15) is 0 Å². The minimum absolute atomic E-state index is 0. The first kappa shape index (κ1) is 58.6. The van der Waals surface area contributed by atoms with Gasteiger partial charge in [-0.05, 0) is 0 Å². The van der Waals surface area contributed by atoms with Gasteiger partial charge in [0.05, 0.1) is 0 Å². The second-order valence-corrected chi connectivity index (χ2v) is 0. The van der Waals surface area contributed by atoms with Crippen molar-refractivity contribution >= 4 is 102 Å². The van der Waals surface area contributed by atoms with Crippen LogP contribution >= 0.6 is 102 Å². The fourth-order valence-electron chi connectivity index (χ4n) is 0. The molecule has 50 valence electrons. The number of hydrogen-bond acceptors (Lipinski definition) is 0. The summed E-state index contributed by atoms with van der Waals surface area (Å²) in [6.45, 7) is 0. The maximum atomic E-state index is 0. The Bertz CT molecular complexity index is 8.49. The summed E-state index contributed by atoms with van der Waals surface area (Å²) >= 11 is 0. The molecule has 0 amide bonds. The van der Waals surface area contributed by atoms with Crippen LogP contribution in [0, 0.1) is 0 Å². The molecule has 0 aliphatic heterocycles. The van der Waals surface area contributed by atoms with Crippen LogP contribution in [0.3, 0.4) is 0 Å². The van der Waals surface area contributed by atoms with Crippen LogP contribution in [0.5, 0.6) is 0 Å². The minimum atomic E-state index is 0. The SMILES string of the molecule is Br.Br.Br.Br.Br.Br.[Cs+].[H-]. The predicted octanol–water partition coefficient (Wildman–Crippen LogP) is 0.584. The molecule has 0 aliphatic carbocycles. The van der Waals surface area contributed by atoms with Gasteiger partial charge in [0.2, 0.25) is 0 Å². The largest absolute Gasteiger partial charge is 1.00 e. The minimum Gasteiger partial charge on any atom is -1.00 e. The van der Waals surface area contributed by atoms with Gasteiger partial charge in [-0.25, -0.2) is 0 Å². The molecule has 0 bridgehead atoms. The Morgan fingerprint density at radius 2 is 0.429 bits per heavy atom. The first-order valence-corrected chi connectivity index (χ1v) is 0. The summed E-state index contributed by atoms with van der Waals surface area (Å²) in [7, 11) is 0. The van der Waals surface area contributed by atoms with Gasteiger partial charge in [0.25, 0.3) is 0 Å². The summed E-state index contributed by atoms with van der Waals surface area (Å²) in [5.41, 5.74) is 0. The van der Waals surface area contributed by atoms with Crippen molar-refractivity contribution in [1.82, 2.24) is 0 Å². The Morgan fingerprint density at radius 3 is 0.429 bits per heavy atom. The van der Waals surface area contributed by atoms with Crippen LogP contribution in [0.1, 0.15) is 1.43 Å². The Morgan fingerprint density at radius 1 is 0.429 bits per heavy atom. The van der Waals surface area contributed by atoms with Gasteiger partial charge in [0.15, 0.2) is 0 Å². The van der Waals surface area contributed by atoms with Crippen molar-refractivity contribution in [3.8, 4) is 0 Å². The van der Waals surface area contributed by atoms with Crippen molar-refractivity contribution in [2.24, 2.45) is 0 Å². The van der Waals surface area contributed by atoms with E-state index in [1.807, 2.05) is 0 Å². The van der Waals surface area contributed by atoms with Crippen molar-refractivity contribution in [2.75, 3.05) is 0 Å². The maximum absolute atomic E-state index is 0. The predicted molar refractivity (Wildman–Crippen MR) is 63.0 cm³/mol. The molecule has 0 atom stereocenters. The molecular weight excluding hydrogens is 612 g/mol. The third-order valence-electron chi connectivity index (χ3n) is 0. The molecule has 0 fully saturated rings. The Kier molecular flexibility index (Phi) is 371. The molecule has 0 unspecified atom stereocenters. The van der Waals surface area contributed by atoms with E-state index in [1.54, 1.807) is 0 Å². The van der Waals surface area contributed by atoms with Crippen LogP contribution in [0.2, 0.25) is 0 Å². The molecule has 0 radical (unpaired) electrons. The number of hydrogen-bond donors (Lipinski definition) is 0. The summed E-state index contributed by atoms with van der Waals surface area (Å²) in [5, 5.41) is 0. The van der Waals surface area contributed by atoms with Crippen molar-refractivity contribution in [2.45, 2.75) is 0 Å². The summed E-state index contributed by atoms with van der Waals surface area (Å²) in [5.74, 6) is 0. The standard InChI is InChI=1S/6BrH.Cs.H/h6*1H;;/q;;;;;;+1;-1. The van der Waals surface area contributed by atoms with Crippen LogP contribution in [0.4, 0.5) is 0 Å². The molecule has 0 aromatic carbocycles. The van der Waals surface area contributed by atoms with E-state index in [0.29, 0.717) is 0 Å².